The van der Waals surface area contributed by atoms with Crippen LogP contribution in [0.1, 0.15) is 6.92 Å². The van der Waals surface area contributed by atoms with Gasteiger partial charge in [-0.1, -0.05) is 24.2 Å². The minimum atomic E-state index is -2.67. The molecule has 0 spiro atoms. The van der Waals surface area contributed by atoms with Gasteiger partial charge in [0.2, 0.25) is 5.76 Å². The second kappa shape index (κ2) is 11.3. The summed E-state index contributed by atoms with van der Waals surface area (Å²) in [5.74, 6) is 0.343. The van der Waals surface area contributed by atoms with E-state index in [1.807, 2.05) is 37.6 Å². The first-order valence-corrected chi connectivity index (χ1v) is 11.1. The molecule has 34 heavy (non-hydrogen) atoms. The summed E-state index contributed by atoms with van der Waals surface area (Å²) in [6, 6.07) is 5.60. The minimum absolute atomic E-state index is 0.0417. The largest absolute Gasteiger partial charge is 0.497 e. The van der Waals surface area contributed by atoms with Crippen molar-refractivity contribution in [1.29, 1.82) is 0 Å². The van der Waals surface area contributed by atoms with Crippen molar-refractivity contribution in [1.82, 2.24) is 19.5 Å². The third-order valence-electron chi connectivity index (χ3n) is 4.62. The van der Waals surface area contributed by atoms with Crippen molar-refractivity contribution in [2.75, 3.05) is 20.8 Å². The van der Waals surface area contributed by atoms with Crippen LogP contribution in [0.25, 0.3) is 22.2 Å². The molecule has 0 unspecified atom stereocenters. The van der Waals surface area contributed by atoms with Gasteiger partial charge >= 0.3 is 0 Å². The smallest absolute Gasteiger partial charge is 0.272 e. The third-order valence-corrected chi connectivity index (χ3v) is 5.83. The summed E-state index contributed by atoms with van der Waals surface area (Å²) in [6.07, 6.45) is 1.01. The topological polar surface area (TPSA) is 85.7 Å². The molecule has 3 aromatic rings. The lowest BCUT2D eigenvalue weighted by atomic mass is 10.1. The summed E-state index contributed by atoms with van der Waals surface area (Å²) in [7, 11) is 4.57. The number of rotatable bonds is 10. The summed E-state index contributed by atoms with van der Waals surface area (Å²) >= 11 is 7.71. The number of methoxy groups -OCH3 is 2. The van der Waals surface area contributed by atoms with Crippen LogP contribution < -0.4 is 4.72 Å². The quantitative estimate of drug-likeness (QED) is 0.162. The Morgan fingerprint density at radius 3 is 2.71 bits per heavy atom. The molecule has 0 radical (unpaired) electrons. The lowest BCUT2D eigenvalue weighted by molar-refractivity contribution is 0.0473. The first-order chi connectivity index (χ1) is 16.2. The predicted octanol–water partition coefficient (Wildman–Crippen LogP) is 5.49. The number of allylic oxidation sites excluding steroid dienone is 1. The van der Waals surface area contributed by atoms with Gasteiger partial charge in [0, 0.05) is 30.4 Å². The fourth-order valence-electron chi connectivity index (χ4n) is 3.03. The number of H-pyrrole nitrogens is 1. The second-order valence-corrected chi connectivity index (χ2v) is 8.19. The van der Waals surface area contributed by atoms with E-state index in [1.165, 1.54) is 26.2 Å². The molecule has 0 fully saturated rings. The maximum absolute atomic E-state index is 12.6. The molecule has 0 aliphatic heterocycles. The zero-order valence-electron chi connectivity index (χ0n) is 19.0. The average Bonchev–Trinajstić information content (AvgIpc) is 3.42. The Morgan fingerprint density at radius 2 is 2.09 bits per heavy atom. The van der Waals surface area contributed by atoms with E-state index in [4.69, 9.17) is 25.8 Å². The Kier molecular flexibility index (Phi) is 8.46. The predicted molar refractivity (Wildman–Crippen MR) is 130 cm³/mol. The summed E-state index contributed by atoms with van der Waals surface area (Å²) in [5, 5.41) is 5.95. The van der Waals surface area contributed by atoms with Crippen molar-refractivity contribution in [3.8, 4) is 11.3 Å². The molecular weight excluding hydrogens is 488 g/mol. The number of aliphatic imine (C=N–C) groups is 1. The van der Waals surface area contributed by atoms with Crippen molar-refractivity contribution in [3.05, 3.63) is 59.5 Å². The van der Waals surface area contributed by atoms with Gasteiger partial charge in [-0.05, 0) is 31.0 Å². The number of fused-ring (bicyclic) bond motifs is 1. The summed E-state index contributed by atoms with van der Waals surface area (Å²) in [6.45, 7) is 4.58. The molecule has 12 heteroatoms. The van der Waals surface area contributed by atoms with E-state index in [2.05, 4.69) is 26.4 Å². The van der Waals surface area contributed by atoms with Gasteiger partial charge in [0.15, 0.2) is 0 Å². The van der Waals surface area contributed by atoms with Crippen LogP contribution in [0.4, 0.5) is 8.78 Å². The van der Waals surface area contributed by atoms with E-state index in [-0.39, 0.29) is 23.2 Å². The standard InChI is InChI=1S/C22H24ClF2N5O3S/c1-12(31-4)21(33-11-18(24)25)22(32-5)27-13(2)29-34-17-10-26-20-14(17)6-7-15(23)19(20)16-8-9-30(3)28-16/h6-10,18,26,29H,2,11H2,1,3-5H3/b21-12-,27-22+. The second-order valence-electron chi connectivity index (χ2n) is 6.94. The molecule has 2 aromatic heterocycles. The van der Waals surface area contributed by atoms with Crippen molar-refractivity contribution in [2.45, 2.75) is 18.2 Å². The molecule has 2 N–H and O–H groups in total. The Morgan fingerprint density at radius 1 is 1.32 bits per heavy atom. The van der Waals surface area contributed by atoms with E-state index >= 15 is 0 Å². The van der Waals surface area contributed by atoms with Crippen LogP contribution in [0.2, 0.25) is 5.02 Å². The Balaban J connectivity index is 1.81. The van der Waals surface area contributed by atoms with Gasteiger partial charge < -0.3 is 23.9 Å². The summed E-state index contributed by atoms with van der Waals surface area (Å²) in [4.78, 5) is 8.33. The SMILES string of the molecule is C=C(/N=C(OC)\C(OCC(F)F)=C(/C)OC)NSc1c[nH]c2c(-c3ccn(C)n3)c(Cl)ccc12. The molecule has 0 atom stereocenters. The molecule has 1 aromatic carbocycles. The van der Waals surface area contributed by atoms with Gasteiger partial charge in [-0.15, -0.1) is 0 Å². The molecule has 0 bridgehead atoms. The summed E-state index contributed by atoms with van der Waals surface area (Å²) in [5.41, 5.74) is 2.38. The number of hydrogen-bond acceptors (Lipinski definition) is 7. The van der Waals surface area contributed by atoms with Crippen LogP contribution in [0.3, 0.4) is 0 Å². The van der Waals surface area contributed by atoms with E-state index in [0.717, 1.165) is 27.1 Å². The van der Waals surface area contributed by atoms with E-state index in [1.54, 1.807) is 11.6 Å². The number of nitrogens with zero attached hydrogens (tertiary/aromatic N) is 3. The minimum Gasteiger partial charge on any atom is -0.497 e. The van der Waals surface area contributed by atoms with Crippen molar-refractivity contribution in [3.63, 3.8) is 0 Å². The number of aromatic nitrogens is 3. The number of nitrogens with one attached hydrogen (secondary N) is 2. The van der Waals surface area contributed by atoms with Crippen molar-refractivity contribution < 1.29 is 23.0 Å². The fourth-order valence-corrected chi connectivity index (χ4v) is 3.96. The molecule has 2 heterocycles. The molecule has 8 nitrogen and oxygen atoms in total. The van der Waals surface area contributed by atoms with Crippen molar-refractivity contribution in [2.24, 2.45) is 12.0 Å². The van der Waals surface area contributed by atoms with E-state index in [0.29, 0.717) is 5.02 Å². The lowest BCUT2D eigenvalue weighted by Crippen LogP contribution is -2.16. The molecule has 0 amide bonds. The van der Waals surface area contributed by atoms with Gasteiger partial charge in [0.25, 0.3) is 12.3 Å². The zero-order valence-corrected chi connectivity index (χ0v) is 20.6. The van der Waals surface area contributed by atoms with Crippen LogP contribution in [0.15, 0.2) is 64.4 Å². The number of alkyl halides is 2. The van der Waals surface area contributed by atoms with Gasteiger partial charge in [0.1, 0.15) is 18.2 Å². The van der Waals surface area contributed by atoms with E-state index in [9.17, 15) is 8.78 Å². The Labute approximate surface area is 204 Å². The zero-order chi connectivity index (χ0) is 24.8. The molecule has 0 aliphatic rings. The van der Waals surface area contributed by atoms with E-state index < -0.39 is 13.0 Å². The third kappa shape index (κ3) is 5.84. The van der Waals surface area contributed by atoms with Crippen LogP contribution >= 0.6 is 23.5 Å². The molecule has 0 saturated heterocycles. The highest BCUT2D eigenvalue weighted by atomic mass is 35.5. The number of ether oxygens (including phenoxy) is 3. The van der Waals surface area contributed by atoms with Crippen LogP contribution in [-0.2, 0) is 21.3 Å². The average molecular weight is 512 g/mol. The number of halogens is 3. The molecule has 3 rings (SSSR count). The highest BCUT2D eigenvalue weighted by molar-refractivity contribution is 7.97. The van der Waals surface area contributed by atoms with Crippen molar-refractivity contribution >= 4 is 40.3 Å². The normalized spacial score (nSPS) is 12.6. The fraction of sp³-hybridized carbons (Fsp3) is 0.273. The molecular formula is C22H24ClF2N5O3S. The maximum Gasteiger partial charge on any atom is 0.272 e. The highest BCUT2D eigenvalue weighted by Gasteiger charge is 2.18. The van der Waals surface area contributed by atoms with Crippen LogP contribution in [0.5, 0.6) is 0 Å². The lowest BCUT2D eigenvalue weighted by Gasteiger charge is -2.14. The van der Waals surface area contributed by atoms with Gasteiger partial charge in [0.05, 0.1) is 35.3 Å². The highest BCUT2D eigenvalue weighted by Crippen LogP contribution is 2.37. The monoisotopic (exact) mass is 511 g/mol. The number of hydrogen-bond donors (Lipinski definition) is 2. The van der Waals surface area contributed by atoms with Gasteiger partial charge in [-0.2, -0.15) is 10.1 Å². The Hall–Kier alpha value is -3.18. The molecule has 0 aliphatic carbocycles. The Bertz CT molecular complexity index is 1240. The number of aryl methyl sites for hydroxylation is 1. The number of benzene rings is 1. The summed E-state index contributed by atoms with van der Waals surface area (Å²) < 4.78 is 45.5. The maximum atomic E-state index is 12.6. The van der Waals surface area contributed by atoms with Gasteiger partial charge in [-0.3, -0.25) is 4.68 Å². The number of aromatic amines is 1. The van der Waals surface area contributed by atoms with Crippen LogP contribution in [-0.4, -0.2) is 47.9 Å². The van der Waals surface area contributed by atoms with Gasteiger partial charge in [-0.25, -0.2) is 8.78 Å². The first-order valence-electron chi connectivity index (χ1n) is 9.95. The molecule has 182 valence electrons. The van der Waals surface area contributed by atoms with Crippen LogP contribution in [0, 0.1) is 0 Å². The first kappa shape index (κ1) is 25.4. The molecule has 0 saturated carbocycles.